The van der Waals surface area contributed by atoms with E-state index in [0.717, 1.165) is 25.0 Å². The number of fused-ring (bicyclic) bond motifs is 1. The number of nitrogens with two attached hydrogens (primary N) is 1. The summed E-state index contributed by atoms with van der Waals surface area (Å²) in [5, 5.41) is 15.9. The molecule has 2 aliphatic rings. The predicted octanol–water partition coefficient (Wildman–Crippen LogP) is 4.43. The molecule has 5 rings (SSSR count). The van der Waals surface area contributed by atoms with E-state index in [9.17, 15) is 18.7 Å². The minimum Gasteiger partial charge on any atom is -0.393 e. The number of hydrogen-bond donors (Lipinski definition) is 4. The minimum absolute atomic E-state index is 0.0597. The van der Waals surface area contributed by atoms with Crippen LogP contribution in [0.1, 0.15) is 57.9 Å². The summed E-state index contributed by atoms with van der Waals surface area (Å²) in [5.74, 6) is -1.28. The zero-order valence-electron chi connectivity index (χ0n) is 19.8. The SMILES string of the molecule is CC1(C(N)=O)CCC(n2c(Nc3c(F)cc(F)cc3Cl)nc3cnc(NC4CC[C@@H](O)C4)nc32)CC1. The Morgan fingerprint density at radius 3 is 2.61 bits per heavy atom. The van der Waals surface area contributed by atoms with Crippen molar-refractivity contribution in [2.24, 2.45) is 11.1 Å². The van der Waals surface area contributed by atoms with Gasteiger partial charge in [0.2, 0.25) is 17.8 Å². The number of aliphatic hydroxyl groups is 1. The van der Waals surface area contributed by atoms with Gasteiger partial charge < -0.3 is 21.5 Å². The largest absolute Gasteiger partial charge is 0.393 e. The Labute approximate surface area is 211 Å². The maximum Gasteiger partial charge on any atom is 0.224 e. The molecule has 9 nitrogen and oxygen atoms in total. The maximum absolute atomic E-state index is 14.6. The van der Waals surface area contributed by atoms with Gasteiger partial charge in [0, 0.05) is 23.6 Å². The number of halogens is 3. The van der Waals surface area contributed by atoms with Gasteiger partial charge in [-0.15, -0.1) is 0 Å². The third-order valence-electron chi connectivity index (χ3n) is 7.43. The van der Waals surface area contributed by atoms with E-state index in [1.165, 1.54) is 0 Å². The Kier molecular flexibility index (Phi) is 6.46. The molecule has 3 aromatic rings. The lowest BCUT2D eigenvalue weighted by Crippen LogP contribution is -2.38. The molecule has 2 heterocycles. The van der Waals surface area contributed by atoms with Gasteiger partial charge in [-0.1, -0.05) is 18.5 Å². The second-order valence-electron chi connectivity index (χ2n) is 10.0. The molecule has 12 heteroatoms. The summed E-state index contributed by atoms with van der Waals surface area (Å²) in [5.41, 5.74) is 5.95. The highest BCUT2D eigenvalue weighted by Gasteiger charge is 2.38. The van der Waals surface area contributed by atoms with Gasteiger partial charge in [0.25, 0.3) is 0 Å². The first-order valence-electron chi connectivity index (χ1n) is 12.0. The number of rotatable bonds is 6. The molecule has 0 bridgehead atoms. The van der Waals surface area contributed by atoms with Crippen molar-refractivity contribution >= 4 is 46.3 Å². The third kappa shape index (κ3) is 4.69. The van der Waals surface area contributed by atoms with E-state index in [1.807, 2.05) is 11.5 Å². The number of aromatic nitrogens is 4. The van der Waals surface area contributed by atoms with Gasteiger partial charge in [-0.2, -0.15) is 4.98 Å². The van der Waals surface area contributed by atoms with Crippen LogP contribution in [0.15, 0.2) is 18.3 Å². The molecule has 2 saturated carbocycles. The molecular weight excluding hydrogens is 492 g/mol. The number of benzene rings is 1. The Hall–Kier alpha value is -3.05. The van der Waals surface area contributed by atoms with Crippen molar-refractivity contribution in [1.82, 2.24) is 19.5 Å². The number of carbonyl (C=O) groups excluding carboxylic acids is 1. The molecule has 1 unspecified atom stereocenters. The van der Waals surface area contributed by atoms with E-state index in [4.69, 9.17) is 22.3 Å². The van der Waals surface area contributed by atoms with E-state index >= 15 is 0 Å². The van der Waals surface area contributed by atoms with Crippen LogP contribution in [0.2, 0.25) is 5.02 Å². The van der Waals surface area contributed by atoms with Crippen molar-refractivity contribution in [3.05, 3.63) is 35.0 Å². The quantitative estimate of drug-likeness (QED) is 0.379. The number of amides is 1. The van der Waals surface area contributed by atoms with Crippen molar-refractivity contribution in [3.8, 4) is 0 Å². The first kappa shape index (κ1) is 24.6. The molecule has 5 N–H and O–H groups in total. The van der Waals surface area contributed by atoms with Crippen molar-refractivity contribution < 1.29 is 18.7 Å². The molecule has 0 spiro atoms. The first-order valence-corrected chi connectivity index (χ1v) is 12.4. The Balaban J connectivity index is 1.53. The van der Waals surface area contributed by atoms with Gasteiger partial charge in [-0.05, 0) is 51.0 Å². The molecule has 1 aromatic carbocycles. The number of nitrogens with one attached hydrogen (secondary N) is 2. The smallest absolute Gasteiger partial charge is 0.224 e. The van der Waals surface area contributed by atoms with E-state index in [-0.39, 0.29) is 40.8 Å². The summed E-state index contributed by atoms with van der Waals surface area (Å²) >= 11 is 6.14. The van der Waals surface area contributed by atoms with Crippen LogP contribution in [-0.2, 0) is 4.79 Å². The molecule has 2 atom stereocenters. The highest BCUT2D eigenvalue weighted by atomic mass is 35.5. The zero-order valence-corrected chi connectivity index (χ0v) is 20.5. The zero-order chi connectivity index (χ0) is 25.6. The molecule has 2 aromatic heterocycles. The summed E-state index contributed by atoms with van der Waals surface area (Å²) in [7, 11) is 0. The molecule has 0 saturated heterocycles. The van der Waals surface area contributed by atoms with Gasteiger partial charge >= 0.3 is 0 Å². The number of nitrogens with zero attached hydrogens (tertiary/aromatic N) is 4. The summed E-state index contributed by atoms with van der Waals surface area (Å²) in [6, 6.07) is 1.72. The fourth-order valence-corrected chi connectivity index (χ4v) is 5.43. The molecule has 1 amide bonds. The number of hydrogen-bond acceptors (Lipinski definition) is 7. The minimum atomic E-state index is -0.850. The first-order chi connectivity index (χ1) is 17.1. The fourth-order valence-electron chi connectivity index (χ4n) is 5.18. The third-order valence-corrected chi connectivity index (χ3v) is 7.73. The monoisotopic (exact) mass is 519 g/mol. The van der Waals surface area contributed by atoms with Crippen LogP contribution in [0.25, 0.3) is 11.2 Å². The predicted molar refractivity (Wildman–Crippen MR) is 132 cm³/mol. The van der Waals surface area contributed by atoms with Crippen molar-refractivity contribution in [2.75, 3.05) is 10.6 Å². The normalized spacial score (nSPS) is 26.3. The summed E-state index contributed by atoms with van der Waals surface area (Å²) in [6.45, 7) is 1.87. The topological polar surface area (TPSA) is 131 Å². The molecule has 0 aliphatic heterocycles. The fraction of sp³-hybridized carbons (Fsp3) is 0.500. The highest BCUT2D eigenvalue weighted by Crippen LogP contribution is 2.43. The van der Waals surface area contributed by atoms with Crippen molar-refractivity contribution in [2.45, 2.75) is 70.1 Å². The molecule has 36 heavy (non-hydrogen) atoms. The Morgan fingerprint density at radius 2 is 1.97 bits per heavy atom. The van der Waals surface area contributed by atoms with Gasteiger partial charge in [0.15, 0.2) is 11.5 Å². The molecule has 2 aliphatic carbocycles. The number of imidazole rings is 1. The summed E-state index contributed by atoms with van der Waals surface area (Å²) in [4.78, 5) is 25.7. The van der Waals surface area contributed by atoms with Gasteiger partial charge in [-0.3, -0.25) is 9.36 Å². The van der Waals surface area contributed by atoms with Crippen LogP contribution in [0.5, 0.6) is 0 Å². The lowest BCUT2D eigenvalue weighted by molar-refractivity contribution is -0.128. The average molecular weight is 520 g/mol. The van der Waals surface area contributed by atoms with Crippen LogP contribution >= 0.6 is 11.6 Å². The van der Waals surface area contributed by atoms with Gasteiger partial charge in [0.05, 0.1) is 23.0 Å². The standard InChI is InChI=1S/C24H28ClF2N7O2/c1-24(21(28)36)6-4-14(5-7-24)34-20-18(11-29-22(33-20)30-13-2-3-15(35)10-13)31-23(34)32-19-16(25)8-12(26)9-17(19)27/h8-9,11,13-15,35H,2-7,10H2,1H3,(H2,28,36)(H,31,32)(H,29,30,33)/t13?,14?,15-,24?/m1/s1. The lowest BCUT2D eigenvalue weighted by Gasteiger charge is -2.35. The van der Waals surface area contributed by atoms with E-state index in [1.54, 1.807) is 6.20 Å². The lowest BCUT2D eigenvalue weighted by atomic mass is 9.73. The summed E-state index contributed by atoms with van der Waals surface area (Å²) in [6.07, 6.45) is 5.79. The number of primary amides is 1. The number of aliphatic hydroxyl groups excluding tert-OH is 1. The second-order valence-corrected chi connectivity index (χ2v) is 10.4. The van der Waals surface area contributed by atoms with Crippen LogP contribution in [0.4, 0.5) is 26.4 Å². The van der Waals surface area contributed by atoms with Crippen LogP contribution in [0, 0.1) is 17.0 Å². The number of anilines is 3. The maximum atomic E-state index is 14.6. The van der Waals surface area contributed by atoms with E-state index in [0.29, 0.717) is 49.2 Å². The number of carbonyl (C=O) groups is 1. The molecule has 192 valence electrons. The van der Waals surface area contributed by atoms with Gasteiger partial charge in [-0.25, -0.2) is 18.7 Å². The highest BCUT2D eigenvalue weighted by molar-refractivity contribution is 6.33. The molecule has 0 radical (unpaired) electrons. The van der Waals surface area contributed by atoms with Crippen LogP contribution in [-0.4, -0.2) is 42.7 Å². The molecule has 2 fully saturated rings. The van der Waals surface area contributed by atoms with E-state index in [2.05, 4.69) is 20.6 Å². The Bertz CT molecular complexity index is 1290. The second kappa shape index (κ2) is 9.44. The van der Waals surface area contributed by atoms with Crippen molar-refractivity contribution in [1.29, 1.82) is 0 Å². The van der Waals surface area contributed by atoms with Crippen LogP contribution < -0.4 is 16.4 Å². The summed E-state index contributed by atoms with van der Waals surface area (Å²) < 4.78 is 30.1. The van der Waals surface area contributed by atoms with Crippen LogP contribution in [0.3, 0.4) is 0 Å². The average Bonchev–Trinajstić information content (AvgIpc) is 3.39. The Morgan fingerprint density at radius 1 is 1.22 bits per heavy atom. The van der Waals surface area contributed by atoms with Gasteiger partial charge in [0.1, 0.15) is 11.3 Å². The van der Waals surface area contributed by atoms with Crippen molar-refractivity contribution in [3.63, 3.8) is 0 Å². The van der Waals surface area contributed by atoms with E-state index < -0.39 is 17.0 Å². The molecular formula is C24H28ClF2N7O2.